The highest BCUT2D eigenvalue weighted by Gasteiger charge is 2.27. The van der Waals surface area contributed by atoms with E-state index < -0.39 is 0 Å². The predicted octanol–water partition coefficient (Wildman–Crippen LogP) is 3.05. The summed E-state index contributed by atoms with van der Waals surface area (Å²) in [6.07, 6.45) is 2.36. The Kier molecular flexibility index (Phi) is 3.88. The van der Waals surface area contributed by atoms with Crippen molar-refractivity contribution in [3.05, 3.63) is 34.3 Å². The van der Waals surface area contributed by atoms with E-state index in [1.807, 2.05) is 32.0 Å². The minimum atomic E-state index is -0.214. The molecule has 1 aliphatic carbocycles. The molecule has 6 heteroatoms. The summed E-state index contributed by atoms with van der Waals surface area (Å²) in [5, 5.41) is 12.4. The molecule has 3 rings (SSSR count). The average molecular weight is 303 g/mol. The minimum Gasteiger partial charge on any atom is -0.483 e. The van der Waals surface area contributed by atoms with Crippen LogP contribution in [0.5, 0.6) is 5.75 Å². The summed E-state index contributed by atoms with van der Waals surface area (Å²) in [5.74, 6) is 1.07. The number of carbonyl (C=O) groups excluding carboxylic acids is 1. The molecule has 1 aromatic heterocycles. The Morgan fingerprint density at radius 1 is 1.38 bits per heavy atom. The van der Waals surface area contributed by atoms with Crippen LogP contribution in [-0.2, 0) is 4.79 Å². The minimum absolute atomic E-state index is 0.0256. The van der Waals surface area contributed by atoms with Crippen LogP contribution >= 0.6 is 11.3 Å². The molecule has 0 saturated heterocycles. The van der Waals surface area contributed by atoms with Gasteiger partial charge in [0.15, 0.2) is 6.61 Å². The Morgan fingerprint density at radius 3 is 2.90 bits per heavy atom. The second kappa shape index (κ2) is 5.81. The summed E-state index contributed by atoms with van der Waals surface area (Å²) in [5.41, 5.74) is 2.19. The van der Waals surface area contributed by atoms with E-state index in [2.05, 4.69) is 15.5 Å². The van der Waals surface area contributed by atoms with Crippen LogP contribution in [0.1, 0.15) is 34.9 Å². The lowest BCUT2D eigenvalue weighted by Gasteiger charge is -2.09. The molecule has 0 radical (unpaired) electrons. The molecule has 0 atom stereocenters. The van der Waals surface area contributed by atoms with Gasteiger partial charge in [-0.3, -0.25) is 10.1 Å². The first-order chi connectivity index (χ1) is 10.1. The second-order valence-corrected chi connectivity index (χ2v) is 6.33. The molecule has 1 aromatic carbocycles. The van der Waals surface area contributed by atoms with Crippen LogP contribution in [0.25, 0.3) is 0 Å². The SMILES string of the molecule is Cc1ccc(OCC(=O)Nc2nnc(C3CC3)s2)c(C)c1. The molecule has 0 aliphatic heterocycles. The maximum Gasteiger partial charge on any atom is 0.264 e. The van der Waals surface area contributed by atoms with E-state index in [-0.39, 0.29) is 12.5 Å². The van der Waals surface area contributed by atoms with Gasteiger partial charge in [0.05, 0.1) is 0 Å². The number of amides is 1. The smallest absolute Gasteiger partial charge is 0.264 e. The molecule has 2 aromatic rings. The van der Waals surface area contributed by atoms with Crippen molar-refractivity contribution in [2.75, 3.05) is 11.9 Å². The maximum absolute atomic E-state index is 11.9. The van der Waals surface area contributed by atoms with Gasteiger partial charge in [-0.15, -0.1) is 10.2 Å². The summed E-state index contributed by atoms with van der Waals surface area (Å²) >= 11 is 1.45. The first-order valence-corrected chi connectivity index (χ1v) is 7.77. The predicted molar refractivity (Wildman–Crippen MR) is 81.9 cm³/mol. The van der Waals surface area contributed by atoms with Crippen LogP contribution in [0.2, 0.25) is 0 Å². The van der Waals surface area contributed by atoms with Crippen molar-refractivity contribution in [1.29, 1.82) is 0 Å². The molecule has 21 heavy (non-hydrogen) atoms. The van der Waals surface area contributed by atoms with Gasteiger partial charge < -0.3 is 4.74 Å². The summed E-state index contributed by atoms with van der Waals surface area (Å²) in [6, 6.07) is 5.88. The lowest BCUT2D eigenvalue weighted by molar-refractivity contribution is -0.118. The summed E-state index contributed by atoms with van der Waals surface area (Å²) in [4.78, 5) is 11.9. The van der Waals surface area contributed by atoms with E-state index in [1.165, 1.54) is 29.7 Å². The van der Waals surface area contributed by atoms with Crippen molar-refractivity contribution in [1.82, 2.24) is 10.2 Å². The van der Waals surface area contributed by atoms with Crippen molar-refractivity contribution in [2.45, 2.75) is 32.6 Å². The first-order valence-electron chi connectivity index (χ1n) is 6.95. The van der Waals surface area contributed by atoms with Gasteiger partial charge in [-0.1, -0.05) is 29.0 Å². The number of nitrogens with zero attached hydrogens (tertiary/aromatic N) is 2. The van der Waals surface area contributed by atoms with Crippen LogP contribution in [0.4, 0.5) is 5.13 Å². The molecule has 0 bridgehead atoms. The number of hydrogen-bond acceptors (Lipinski definition) is 5. The van der Waals surface area contributed by atoms with Gasteiger partial charge in [-0.25, -0.2) is 0 Å². The first kappa shape index (κ1) is 14.0. The molecule has 5 nitrogen and oxygen atoms in total. The molecule has 1 amide bonds. The fourth-order valence-corrected chi connectivity index (χ4v) is 2.97. The molecule has 1 fully saturated rings. The topological polar surface area (TPSA) is 64.1 Å². The van der Waals surface area contributed by atoms with Gasteiger partial charge in [0, 0.05) is 5.92 Å². The average Bonchev–Trinajstić information content (AvgIpc) is 3.19. The van der Waals surface area contributed by atoms with Crippen LogP contribution in [-0.4, -0.2) is 22.7 Å². The van der Waals surface area contributed by atoms with E-state index in [0.717, 1.165) is 16.3 Å². The third-order valence-corrected chi connectivity index (χ3v) is 4.30. The molecule has 1 heterocycles. The Bertz CT molecular complexity index is 665. The monoisotopic (exact) mass is 303 g/mol. The summed E-state index contributed by atoms with van der Waals surface area (Å²) in [7, 11) is 0. The summed E-state index contributed by atoms with van der Waals surface area (Å²) < 4.78 is 5.54. The Hall–Kier alpha value is -1.95. The number of rotatable bonds is 5. The van der Waals surface area contributed by atoms with Crippen LogP contribution in [0, 0.1) is 13.8 Å². The van der Waals surface area contributed by atoms with Gasteiger partial charge in [0.1, 0.15) is 10.8 Å². The normalized spacial score (nSPS) is 14.0. The third-order valence-electron chi connectivity index (χ3n) is 3.30. The number of anilines is 1. The highest BCUT2D eigenvalue weighted by molar-refractivity contribution is 7.15. The lowest BCUT2D eigenvalue weighted by atomic mass is 10.1. The highest BCUT2D eigenvalue weighted by atomic mass is 32.1. The van der Waals surface area contributed by atoms with E-state index in [9.17, 15) is 4.79 Å². The van der Waals surface area contributed by atoms with Crippen LogP contribution in [0.15, 0.2) is 18.2 Å². The molecule has 0 unspecified atom stereocenters. The van der Waals surface area contributed by atoms with Crippen LogP contribution < -0.4 is 10.1 Å². The zero-order chi connectivity index (χ0) is 14.8. The zero-order valence-electron chi connectivity index (χ0n) is 12.0. The number of aromatic nitrogens is 2. The standard InChI is InChI=1S/C15H17N3O2S/c1-9-3-6-12(10(2)7-9)20-8-13(19)16-15-18-17-14(21-15)11-4-5-11/h3,6-7,11H,4-5,8H2,1-2H3,(H,16,18,19). The van der Waals surface area contributed by atoms with Crippen molar-refractivity contribution in [3.8, 4) is 5.75 Å². The van der Waals surface area contributed by atoms with Crippen molar-refractivity contribution in [3.63, 3.8) is 0 Å². The molecule has 0 spiro atoms. The quantitative estimate of drug-likeness (QED) is 0.922. The van der Waals surface area contributed by atoms with Gasteiger partial charge in [-0.05, 0) is 38.3 Å². The van der Waals surface area contributed by atoms with Gasteiger partial charge in [-0.2, -0.15) is 0 Å². The number of benzene rings is 1. The second-order valence-electron chi connectivity index (χ2n) is 5.33. The number of nitrogens with one attached hydrogen (secondary N) is 1. The largest absolute Gasteiger partial charge is 0.483 e. The molecule has 1 N–H and O–H groups in total. The van der Waals surface area contributed by atoms with E-state index >= 15 is 0 Å². The molecular formula is C15H17N3O2S. The van der Waals surface area contributed by atoms with Crippen molar-refractivity contribution < 1.29 is 9.53 Å². The van der Waals surface area contributed by atoms with Gasteiger partial charge >= 0.3 is 0 Å². The van der Waals surface area contributed by atoms with E-state index in [0.29, 0.717) is 11.0 Å². The highest BCUT2D eigenvalue weighted by Crippen LogP contribution is 2.41. The molecule has 110 valence electrons. The number of carbonyl (C=O) groups is 1. The van der Waals surface area contributed by atoms with Crippen molar-refractivity contribution in [2.24, 2.45) is 0 Å². The van der Waals surface area contributed by atoms with E-state index in [1.54, 1.807) is 0 Å². The number of aryl methyl sites for hydroxylation is 2. The maximum atomic E-state index is 11.9. The third kappa shape index (κ3) is 3.58. The molecular weight excluding hydrogens is 286 g/mol. The van der Waals surface area contributed by atoms with Gasteiger partial charge in [0.2, 0.25) is 5.13 Å². The fourth-order valence-electron chi connectivity index (χ4n) is 2.04. The Balaban J connectivity index is 1.53. The van der Waals surface area contributed by atoms with Crippen molar-refractivity contribution >= 4 is 22.4 Å². The number of hydrogen-bond donors (Lipinski definition) is 1. The Morgan fingerprint density at radius 2 is 2.19 bits per heavy atom. The number of ether oxygens (including phenoxy) is 1. The summed E-state index contributed by atoms with van der Waals surface area (Å²) in [6.45, 7) is 3.96. The van der Waals surface area contributed by atoms with Gasteiger partial charge in [0.25, 0.3) is 5.91 Å². The fraction of sp³-hybridized carbons (Fsp3) is 0.400. The molecule has 1 saturated carbocycles. The zero-order valence-corrected chi connectivity index (χ0v) is 12.9. The molecule has 1 aliphatic rings. The van der Waals surface area contributed by atoms with E-state index in [4.69, 9.17) is 4.74 Å². The van der Waals surface area contributed by atoms with Crippen LogP contribution in [0.3, 0.4) is 0 Å². The Labute approximate surface area is 127 Å². The lowest BCUT2D eigenvalue weighted by Crippen LogP contribution is -2.20.